The molecular weight excluding hydrogens is 350 g/mol. The van der Waals surface area contributed by atoms with Crippen LogP contribution in [0.4, 0.5) is 0 Å². The predicted octanol–water partition coefficient (Wildman–Crippen LogP) is 0.779. The SMILES string of the molecule is C[C@H](NC(=O)Cn1cnc2c(cnn2C)c1=O)c1ccc2c(c1)OCCO2. The number of rotatable bonds is 4. The van der Waals surface area contributed by atoms with Crippen molar-refractivity contribution >= 4 is 16.9 Å². The Hall–Kier alpha value is -3.36. The average Bonchev–Trinajstić information content (AvgIpc) is 3.05. The molecule has 9 heteroatoms. The number of nitrogens with one attached hydrogen (secondary N) is 1. The first-order valence-corrected chi connectivity index (χ1v) is 8.59. The summed E-state index contributed by atoms with van der Waals surface area (Å²) < 4.78 is 13.9. The lowest BCUT2D eigenvalue weighted by Crippen LogP contribution is -2.34. The second-order valence-electron chi connectivity index (χ2n) is 6.38. The molecule has 140 valence electrons. The summed E-state index contributed by atoms with van der Waals surface area (Å²) in [5.74, 6) is 1.08. The Morgan fingerprint density at radius 2 is 2.07 bits per heavy atom. The van der Waals surface area contributed by atoms with E-state index in [1.807, 2.05) is 25.1 Å². The molecule has 4 rings (SSSR count). The van der Waals surface area contributed by atoms with Crippen molar-refractivity contribution in [3.63, 3.8) is 0 Å². The van der Waals surface area contributed by atoms with Crippen LogP contribution in [0.1, 0.15) is 18.5 Å². The smallest absolute Gasteiger partial charge is 0.264 e. The van der Waals surface area contributed by atoms with Gasteiger partial charge in [-0.3, -0.25) is 18.8 Å². The Balaban J connectivity index is 1.48. The highest BCUT2D eigenvalue weighted by molar-refractivity contribution is 5.77. The minimum atomic E-state index is -0.296. The maximum atomic E-state index is 12.5. The molecule has 0 aliphatic carbocycles. The van der Waals surface area contributed by atoms with Crippen LogP contribution in [0.5, 0.6) is 11.5 Å². The fraction of sp³-hybridized carbons (Fsp3) is 0.333. The summed E-state index contributed by atoms with van der Waals surface area (Å²) in [6.07, 6.45) is 2.82. The second kappa shape index (κ2) is 6.75. The van der Waals surface area contributed by atoms with Gasteiger partial charge in [0, 0.05) is 7.05 Å². The number of nitrogens with zero attached hydrogens (tertiary/aromatic N) is 4. The lowest BCUT2D eigenvalue weighted by atomic mass is 10.1. The van der Waals surface area contributed by atoms with E-state index < -0.39 is 0 Å². The Morgan fingerprint density at radius 3 is 2.89 bits per heavy atom. The fourth-order valence-electron chi connectivity index (χ4n) is 3.03. The summed E-state index contributed by atoms with van der Waals surface area (Å²) in [5.41, 5.74) is 1.08. The summed E-state index contributed by atoms with van der Waals surface area (Å²) in [4.78, 5) is 29.0. The summed E-state index contributed by atoms with van der Waals surface area (Å²) in [6, 6.07) is 5.32. The molecule has 9 nitrogen and oxygen atoms in total. The number of benzene rings is 1. The third-order valence-electron chi connectivity index (χ3n) is 4.48. The highest BCUT2D eigenvalue weighted by atomic mass is 16.6. The van der Waals surface area contributed by atoms with Crippen molar-refractivity contribution in [1.82, 2.24) is 24.6 Å². The van der Waals surface area contributed by atoms with Gasteiger partial charge < -0.3 is 14.8 Å². The van der Waals surface area contributed by atoms with Gasteiger partial charge >= 0.3 is 0 Å². The molecule has 3 aromatic rings. The normalized spacial score (nSPS) is 14.1. The number of ether oxygens (including phenoxy) is 2. The van der Waals surface area contributed by atoms with E-state index >= 15 is 0 Å². The summed E-state index contributed by atoms with van der Waals surface area (Å²) in [6.45, 7) is 2.78. The summed E-state index contributed by atoms with van der Waals surface area (Å²) in [7, 11) is 1.71. The van der Waals surface area contributed by atoms with Crippen molar-refractivity contribution in [3.8, 4) is 11.5 Å². The van der Waals surface area contributed by atoms with Gasteiger partial charge in [-0.15, -0.1) is 0 Å². The molecule has 1 aromatic carbocycles. The Labute approximate surface area is 154 Å². The van der Waals surface area contributed by atoms with Crippen LogP contribution >= 0.6 is 0 Å². The minimum Gasteiger partial charge on any atom is -0.486 e. The zero-order chi connectivity index (χ0) is 19.0. The molecule has 1 atom stereocenters. The van der Waals surface area contributed by atoms with E-state index in [2.05, 4.69) is 15.4 Å². The topological polar surface area (TPSA) is 100 Å². The number of carbonyl (C=O) groups is 1. The van der Waals surface area contributed by atoms with E-state index in [9.17, 15) is 9.59 Å². The van der Waals surface area contributed by atoms with Crippen molar-refractivity contribution in [2.24, 2.45) is 7.05 Å². The van der Waals surface area contributed by atoms with Gasteiger partial charge in [0.1, 0.15) is 31.5 Å². The molecule has 0 saturated heterocycles. The monoisotopic (exact) mass is 369 g/mol. The summed E-state index contributed by atoms with van der Waals surface area (Å²) in [5, 5.41) is 7.29. The Kier molecular flexibility index (Phi) is 4.27. The van der Waals surface area contributed by atoms with Gasteiger partial charge in [0.25, 0.3) is 5.56 Å². The molecule has 0 saturated carbocycles. The molecule has 1 amide bonds. The molecule has 0 unspecified atom stereocenters. The van der Waals surface area contributed by atoms with E-state index in [1.54, 1.807) is 7.05 Å². The Bertz CT molecular complexity index is 1070. The molecule has 1 aliphatic rings. The van der Waals surface area contributed by atoms with E-state index in [-0.39, 0.29) is 24.1 Å². The second-order valence-corrected chi connectivity index (χ2v) is 6.38. The van der Waals surface area contributed by atoms with E-state index in [1.165, 1.54) is 21.8 Å². The average molecular weight is 369 g/mol. The first-order valence-electron chi connectivity index (χ1n) is 8.59. The van der Waals surface area contributed by atoms with Crippen LogP contribution in [0.3, 0.4) is 0 Å². The molecule has 0 bridgehead atoms. The molecule has 0 radical (unpaired) electrons. The standard InChI is InChI=1S/C18H19N5O4/c1-11(12-3-4-14-15(7-12)27-6-5-26-14)21-16(24)9-23-10-19-17-13(18(23)25)8-20-22(17)2/h3-4,7-8,10-11H,5-6,9H2,1-2H3,(H,21,24)/t11-/m0/s1. The van der Waals surface area contributed by atoms with Gasteiger partial charge in [0.05, 0.1) is 12.2 Å². The van der Waals surface area contributed by atoms with Gasteiger partial charge in [0.2, 0.25) is 5.91 Å². The van der Waals surface area contributed by atoms with Gasteiger partial charge in [0.15, 0.2) is 17.1 Å². The molecule has 0 fully saturated rings. The molecule has 0 spiro atoms. The number of aryl methyl sites for hydroxylation is 1. The number of aromatic nitrogens is 4. The largest absolute Gasteiger partial charge is 0.486 e. The molecule has 27 heavy (non-hydrogen) atoms. The zero-order valence-electron chi connectivity index (χ0n) is 15.0. The van der Waals surface area contributed by atoms with Crippen molar-refractivity contribution < 1.29 is 14.3 Å². The van der Waals surface area contributed by atoms with Crippen LogP contribution in [0, 0.1) is 0 Å². The maximum Gasteiger partial charge on any atom is 0.264 e. The third-order valence-corrected chi connectivity index (χ3v) is 4.48. The summed E-state index contributed by atoms with van der Waals surface area (Å²) >= 11 is 0. The van der Waals surface area contributed by atoms with E-state index in [0.717, 1.165) is 5.56 Å². The first kappa shape index (κ1) is 17.1. The van der Waals surface area contributed by atoms with Crippen LogP contribution in [-0.4, -0.2) is 38.5 Å². The Morgan fingerprint density at radius 1 is 1.30 bits per heavy atom. The van der Waals surface area contributed by atoms with Gasteiger partial charge in [-0.25, -0.2) is 4.98 Å². The highest BCUT2D eigenvalue weighted by Gasteiger charge is 2.17. The molecule has 2 aromatic heterocycles. The molecule has 1 N–H and O–H groups in total. The number of hydrogen-bond donors (Lipinski definition) is 1. The third kappa shape index (κ3) is 3.23. The zero-order valence-corrected chi connectivity index (χ0v) is 15.0. The van der Waals surface area contributed by atoms with Gasteiger partial charge in [-0.2, -0.15) is 5.10 Å². The van der Waals surface area contributed by atoms with Crippen LogP contribution < -0.4 is 20.3 Å². The van der Waals surface area contributed by atoms with Crippen LogP contribution in [0.2, 0.25) is 0 Å². The van der Waals surface area contributed by atoms with Crippen LogP contribution in [0.25, 0.3) is 11.0 Å². The van der Waals surface area contributed by atoms with Gasteiger partial charge in [-0.1, -0.05) is 6.07 Å². The van der Waals surface area contributed by atoms with Crippen molar-refractivity contribution in [2.45, 2.75) is 19.5 Å². The lowest BCUT2D eigenvalue weighted by molar-refractivity contribution is -0.122. The molecule has 1 aliphatic heterocycles. The highest BCUT2D eigenvalue weighted by Crippen LogP contribution is 2.32. The fourth-order valence-corrected chi connectivity index (χ4v) is 3.03. The predicted molar refractivity (Wildman–Crippen MR) is 96.8 cm³/mol. The van der Waals surface area contributed by atoms with Gasteiger partial charge in [-0.05, 0) is 24.6 Å². The van der Waals surface area contributed by atoms with Crippen molar-refractivity contribution in [3.05, 3.63) is 46.6 Å². The number of hydrogen-bond acceptors (Lipinski definition) is 6. The van der Waals surface area contributed by atoms with Crippen LogP contribution in [0.15, 0.2) is 35.5 Å². The maximum absolute atomic E-state index is 12.5. The van der Waals surface area contributed by atoms with Crippen molar-refractivity contribution in [2.75, 3.05) is 13.2 Å². The number of amides is 1. The molecular formula is C18H19N5O4. The number of fused-ring (bicyclic) bond motifs is 2. The van der Waals surface area contributed by atoms with Crippen LogP contribution in [-0.2, 0) is 18.4 Å². The quantitative estimate of drug-likeness (QED) is 0.729. The minimum absolute atomic E-state index is 0.119. The van der Waals surface area contributed by atoms with Crippen molar-refractivity contribution in [1.29, 1.82) is 0 Å². The van der Waals surface area contributed by atoms with E-state index in [0.29, 0.717) is 35.7 Å². The first-order chi connectivity index (χ1) is 13.0. The lowest BCUT2D eigenvalue weighted by Gasteiger charge is -2.21. The molecule has 3 heterocycles. The van der Waals surface area contributed by atoms with E-state index in [4.69, 9.17) is 9.47 Å². The number of carbonyl (C=O) groups excluding carboxylic acids is 1.